The highest BCUT2D eigenvalue weighted by Crippen LogP contribution is 2.52. The molecule has 0 aromatic heterocycles. The van der Waals surface area contributed by atoms with Gasteiger partial charge in [0.25, 0.3) is 0 Å². The number of anilines is 2. The maximum Gasteiger partial charge on any atom is 0.134 e. The normalized spacial score (nSPS) is 14.2. The quantitative estimate of drug-likeness (QED) is 0.516. The van der Waals surface area contributed by atoms with Crippen LogP contribution in [0.15, 0.2) is 50.7 Å². The van der Waals surface area contributed by atoms with E-state index in [4.69, 9.17) is 4.74 Å². The zero-order valence-corrected chi connectivity index (χ0v) is 18.4. The lowest BCUT2D eigenvalue weighted by molar-refractivity contribution is 0.237. The van der Waals surface area contributed by atoms with Crippen LogP contribution in [0.3, 0.4) is 0 Å². The van der Waals surface area contributed by atoms with Gasteiger partial charge >= 0.3 is 0 Å². The highest BCUT2D eigenvalue weighted by Gasteiger charge is 2.26. The van der Waals surface area contributed by atoms with Crippen molar-refractivity contribution in [1.29, 1.82) is 0 Å². The van der Waals surface area contributed by atoms with Gasteiger partial charge in [0.15, 0.2) is 0 Å². The highest BCUT2D eigenvalue weighted by atomic mass is 79.9. The number of rotatable bonds is 7. The number of ether oxygens (including phenoxy) is 1. The van der Waals surface area contributed by atoms with Crippen molar-refractivity contribution in [2.24, 2.45) is 0 Å². The molecule has 0 amide bonds. The number of halogens is 1. The van der Waals surface area contributed by atoms with Crippen molar-refractivity contribution in [3.05, 3.63) is 40.9 Å². The molecular formula is C21H27BrN2OS. The van der Waals surface area contributed by atoms with E-state index in [0.29, 0.717) is 6.04 Å². The number of fused-ring (bicyclic) bond motifs is 2. The van der Waals surface area contributed by atoms with Gasteiger partial charge in [-0.3, -0.25) is 0 Å². The summed E-state index contributed by atoms with van der Waals surface area (Å²) in [5.41, 5.74) is 2.53. The Bertz CT molecular complexity index is 768. The van der Waals surface area contributed by atoms with Gasteiger partial charge in [-0.1, -0.05) is 47.6 Å². The number of methoxy groups -OCH3 is 1. The minimum atomic E-state index is 0.600. The van der Waals surface area contributed by atoms with Gasteiger partial charge in [0.2, 0.25) is 0 Å². The van der Waals surface area contributed by atoms with E-state index in [1.807, 2.05) is 6.07 Å². The van der Waals surface area contributed by atoms with Crippen LogP contribution in [0.5, 0.6) is 5.75 Å². The first-order valence-electron chi connectivity index (χ1n) is 9.21. The van der Waals surface area contributed by atoms with Crippen molar-refractivity contribution in [2.75, 3.05) is 32.1 Å². The average Bonchev–Trinajstić information content (AvgIpc) is 2.66. The van der Waals surface area contributed by atoms with Crippen LogP contribution >= 0.6 is 27.7 Å². The molecule has 0 spiro atoms. The predicted molar refractivity (Wildman–Crippen MR) is 115 cm³/mol. The van der Waals surface area contributed by atoms with Crippen LogP contribution in [-0.4, -0.2) is 38.2 Å². The van der Waals surface area contributed by atoms with Crippen LogP contribution in [-0.2, 0) is 0 Å². The highest BCUT2D eigenvalue weighted by molar-refractivity contribution is 9.10. The second-order valence-corrected chi connectivity index (χ2v) is 8.57. The van der Waals surface area contributed by atoms with Crippen LogP contribution in [0.4, 0.5) is 11.4 Å². The van der Waals surface area contributed by atoms with E-state index in [1.165, 1.54) is 27.6 Å². The van der Waals surface area contributed by atoms with Gasteiger partial charge in [0.05, 0.1) is 23.4 Å². The minimum Gasteiger partial charge on any atom is -0.495 e. The van der Waals surface area contributed by atoms with Crippen LogP contribution < -0.4 is 9.64 Å². The molecule has 1 atom stereocenters. The molecule has 1 unspecified atom stereocenters. The van der Waals surface area contributed by atoms with Gasteiger partial charge < -0.3 is 14.5 Å². The summed E-state index contributed by atoms with van der Waals surface area (Å²) >= 11 is 5.41. The van der Waals surface area contributed by atoms with Crippen molar-refractivity contribution in [3.63, 3.8) is 0 Å². The fraction of sp³-hybridized carbons (Fsp3) is 0.429. The second-order valence-electron chi connectivity index (χ2n) is 6.60. The molecular weight excluding hydrogens is 408 g/mol. The van der Waals surface area contributed by atoms with Crippen molar-refractivity contribution >= 4 is 39.1 Å². The molecule has 0 N–H and O–H groups in total. The second kappa shape index (κ2) is 8.68. The summed E-state index contributed by atoms with van der Waals surface area (Å²) in [7, 11) is 3.97. The summed E-state index contributed by atoms with van der Waals surface area (Å²) in [4.78, 5) is 7.39. The molecule has 3 rings (SSSR count). The predicted octanol–water partition coefficient (Wildman–Crippen LogP) is 6.18. The largest absolute Gasteiger partial charge is 0.495 e. The number of benzene rings is 2. The van der Waals surface area contributed by atoms with Crippen molar-refractivity contribution in [2.45, 2.75) is 42.5 Å². The summed E-state index contributed by atoms with van der Waals surface area (Å²) in [5.74, 6) is 0.945. The Morgan fingerprint density at radius 1 is 1.19 bits per heavy atom. The molecule has 5 heteroatoms. The molecule has 140 valence electrons. The summed E-state index contributed by atoms with van der Waals surface area (Å²) in [6.45, 7) is 6.60. The topological polar surface area (TPSA) is 15.7 Å². The minimum absolute atomic E-state index is 0.600. The molecule has 0 saturated heterocycles. The van der Waals surface area contributed by atoms with Gasteiger partial charge in [-0.25, -0.2) is 0 Å². The molecule has 0 bridgehead atoms. The first-order chi connectivity index (χ1) is 12.6. The third-order valence-corrected chi connectivity index (χ3v) is 6.83. The van der Waals surface area contributed by atoms with Crippen LogP contribution in [0.1, 0.15) is 26.7 Å². The fourth-order valence-electron chi connectivity index (χ4n) is 3.53. The van der Waals surface area contributed by atoms with Gasteiger partial charge in [0.1, 0.15) is 5.75 Å². The van der Waals surface area contributed by atoms with E-state index in [9.17, 15) is 0 Å². The van der Waals surface area contributed by atoms with E-state index >= 15 is 0 Å². The van der Waals surface area contributed by atoms with Crippen molar-refractivity contribution < 1.29 is 4.74 Å². The van der Waals surface area contributed by atoms with E-state index < -0.39 is 0 Å². The molecule has 2 aromatic carbocycles. The van der Waals surface area contributed by atoms with Crippen LogP contribution in [0, 0.1) is 0 Å². The molecule has 2 aromatic rings. The Morgan fingerprint density at radius 3 is 2.69 bits per heavy atom. The Morgan fingerprint density at radius 2 is 2.00 bits per heavy atom. The molecule has 1 aliphatic heterocycles. The lowest BCUT2D eigenvalue weighted by atomic mass is 10.1. The molecule has 3 nitrogen and oxygen atoms in total. The van der Waals surface area contributed by atoms with E-state index in [-0.39, 0.29) is 0 Å². The lowest BCUT2D eigenvalue weighted by Gasteiger charge is -2.35. The third kappa shape index (κ3) is 3.90. The van der Waals surface area contributed by atoms with Crippen molar-refractivity contribution in [1.82, 2.24) is 4.90 Å². The Labute approximate surface area is 169 Å². The molecule has 0 saturated carbocycles. The average molecular weight is 435 g/mol. The zero-order chi connectivity index (χ0) is 18.7. The summed E-state index contributed by atoms with van der Waals surface area (Å²) in [5, 5.41) is 0. The SMILES string of the molecule is CCC(CCN1c2ccc(Br)cc2Sc2c(OC)cccc21)N(C)CC. The van der Waals surface area contributed by atoms with Gasteiger partial charge in [0, 0.05) is 22.0 Å². The molecule has 0 fully saturated rings. The molecule has 26 heavy (non-hydrogen) atoms. The number of nitrogens with zero attached hydrogens (tertiary/aromatic N) is 2. The smallest absolute Gasteiger partial charge is 0.134 e. The molecule has 0 aliphatic carbocycles. The molecule has 1 heterocycles. The van der Waals surface area contributed by atoms with E-state index in [2.05, 4.69) is 77.0 Å². The Hall–Kier alpha value is -1.17. The monoisotopic (exact) mass is 434 g/mol. The standard InChI is InChI=1S/C21H27BrN2OS/c1-5-16(23(3)6-2)12-13-24-17-11-10-15(22)14-20(17)26-21-18(24)8-7-9-19(21)25-4/h7-11,14,16H,5-6,12-13H2,1-4H3. The van der Waals surface area contributed by atoms with Crippen molar-refractivity contribution in [3.8, 4) is 5.75 Å². The maximum atomic E-state index is 5.64. The van der Waals surface area contributed by atoms with Gasteiger partial charge in [-0.05, 0) is 56.8 Å². The summed E-state index contributed by atoms with van der Waals surface area (Å²) in [6.07, 6.45) is 2.31. The number of hydrogen-bond acceptors (Lipinski definition) is 4. The fourth-order valence-corrected chi connectivity index (χ4v) is 5.26. The van der Waals surface area contributed by atoms with Gasteiger partial charge in [-0.2, -0.15) is 0 Å². The molecule has 1 aliphatic rings. The van der Waals surface area contributed by atoms with Gasteiger partial charge in [-0.15, -0.1) is 0 Å². The summed E-state index contributed by atoms with van der Waals surface area (Å²) in [6, 6.07) is 13.5. The van der Waals surface area contributed by atoms with E-state index in [0.717, 1.165) is 29.7 Å². The maximum absolute atomic E-state index is 5.64. The first kappa shape index (κ1) is 19.6. The van der Waals surface area contributed by atoms with E-state index in [1.54, 1.807) is 18.9 Å². The van der Waals surface area contributed by atoms with Crippen LogP contribution in [0.2, 0.25) is 0 Å². The summed E-state index contributed by atoms with van der Waals surface area (Å²) < 4.78 is 6.75. The first-order valence-corrected chi connectivity index (χ1v) is 10.8. The zero-order valence-electron chi connectivity index (χ0n) is 16.0. The Balaban J connectivity index is 1.96. The lowest BCUT2D eigenvalue weighted by Crippen LogP contribution is -2.34. The Kier molecular flexibility index (Phi) is 6.54. The molecule has 0 radical (unpaired) electrons. The third-order valence-electron chi connectivity index (χ3n) is 5.17. The van der Waals surface area contributed by atoms with Crippen LogP contribution in [0.25, 0.3) is 0 Å². The number of hydrogen-bond donors (Lipinski definition) is 0.